The van der Waals surface area contributed by atoms with Crippen LogP contribution in [0.2, 0.25) is 0 Å². The molecule has 1 saturated carbocycles. The van der Waals surface area contributed by atoms with Gasteiger partial charge in [0.25, 0.3) is 0 Å². The van der Waals surface area contributed by atoms with Gasteiger partial charge in [0.1, 0.15) is 5.75 Å². The number of hydrogen-bond acceptors (Lipinski definition) is 4. The molecular weight excluding hydrogens is 314 g/mol. The highest BCUT2D eigenvalue weighted by Gasteiger charge is 2.27. The van der Waals surface area contributed by atoms with Gasteiger partial charge in [-0.2, -0.15) is 0 Å². The number of esters is 1. The SMILES string of the molecule is CCCCCOc1ccc(OC(=O)C2CCC(CCCC)CC2)cn1. The van der Waals surface area contributed by atoms with Crippen LogP contribution in [0.5, 0.6) is 11.6 Å². The fourth-order valence-corrected chi connectivity index (χ4v) is 3.42. The molecule has 0 spiro atoms. The number of ether oxygens (including phenoxy) is 2. The number of nitrogens with zero attached hydrogens (tertiary/aromatic N) is 1. The Morgan fingerprint density at radius 3 is 2.48 bits per heavy atom. The summed E-state index contributed by atoms with van der Waals surface area (Å²) in [5, 5.41) is 0. The van der Waals surface area contributed by atoms with Gasteiger partial charge >= 0.3 is 5.97 Å². The van der Waals surface area contributed by atoms with Crippen molar-refractivity contribution in [3.05, 3.63) is 18.3 Å². The largest absolute Gasteiger partial charge is 0.478 e. The summed E-state index contributed by atoms with van der Waals surface area (Å²) in [4.78, 5) is 16.6. The van der Waals surface area contributed by atoms with Gasteiger partial charge in [-0.3, -0.25) is 4.79 Å². The summed E-state index contributed by atoms with van der Waals surface area (Å²) in [7, 11) is 0. The Balaban J connectivity index is 1.71. The van der Waals surface area contributed by atoms with Gasteiger partial charge in [-0.25, -0.2) is 4.98 Å². The molecule has 0 unspecified atom stereocenters. The van der Waals surface area contributed by atoms with Crippen LogP contribution in [0, 0.1) is 11.8 Å². The quantitative estimate of drug-likeness (QED) is 0.411. The van der Waals surface area contributed by atoms with Gasteiger partial charge in [-0.05, 0) is 44.1 Å². The molecule has 1 aliphatic carbocycles. The van der Waals surface area contributed by atoms with Crippen molar-refractivity contribution in [3.63, 3.8) is 0 Å². The van der Waals surface area contributed by atoms with Gasteiger partial charge in [-0.15, -0.1) is 0 Å². The number of pyridine rings is 1. The Hall–Kier alpha value is -1.58. The molecule has 4 nitrogen and oxygen atoms in total. The van der Waals surface area contributed by atoms with Crippen LogP contribution in [0.15, 0.2) is 18.3 Å². The van der Waals surface area contributed by atoms with Crippen LogP contribution < -0.4 is 9.47 Å². The third-order valence-corrected chi connectivity index (χ3v) is 5.07. The average molecular weight is 347 g/mol. The molecule has 25 heavy (non-hydrogen) atoms. The van der Waals surface area contributed by atoms with E-state index >= 15 is 0 Å². The van der Waals surface area contributed by atoms with Crippen molar-refractivity contribution in [2.45, 2.75) is 78.1 Å². The molecule has 0 aliphatic heterocycles. The van der Waals surface area contributed by atoms with E-state index < -0.39 is 0 Å². The van der Waals surface area contributed by atoms with E-state index in [-0.39, 0.29) is 11.9 Å². The Kier molecular flexibility index (Phi) is 8.78. The molecule has 1 aliphatic rings. The van der Waals surface area contributed by atoms with Crippen LogP contribution in [0.4, 0.5) is 0 Å². The number of carbonyl (C=O) groups is 1. The first kappa shape index (κ1) is 19.7. The summed E-state index contributed by atoms with van der Waals surface area (Å²) < 4.78 is 11.1. The van der Waals surface area contributed by atoms with Crippen molar-refractivity contribution >= 4 is 5.97 Å². The monoisotopic (exact) mass is 347 g/mol. The first-order valence-corrected chi connectivity index (χ1v) is 10.0. The minimum atomic E-state index is -0.104. The molecule has 4 heteroatoms. The van der Waals surface area contributed by atoms with Crippen LogP contribution in [0.3, 0.4) is 0 Å². The van der Waals surface area contributed by atoms with E-state index in [0.29, 0.717) is 18.2 Å². The summed E-state index contributed by atoms with van der Waals surface area (Å²) >= 11 is 0. The van der Waals surface area contributed by atoms with Gasteiger partial charge in [0.2, 0.25) is 5.88 Å². The van der Waals surface area contributed by atoms with Crippen LogP contribution in [-0.4, -0.2) is 17.6 Å². The van der Waals surface area contributed by atoms with E-state index in [4.69, 9.17) is 9.47 Å². The molecule has 0 atom stereocenters. The summed E-state index contributed by atoms with van der Waals surface area (Å²) in [5.41, 5.74) is 0. The predicted octanol–water partition coefficient (Wildman–Crippen LogP) is 5.55. The van der Waals surface area contributed by atoms with Gasteiger partial charge in [0, 0.05) is 6.07 Å². The lowest BCUT2D eigenvalue weighted by molar-refractivity contribution is -0.140. The Morgan fingerprint density at radius 2 is 1.84 bits per heavy atom. The van der Waals surface area contributed by atoms with E-state index in [1.807, 2.05) is 0 Å². The number of unbranched alkanes of at least 4 members (excludes halogenated alkanes) is 3. The second kappa shape index (κ2) is 11.1. The molecule has 0 aromatic carbocycles. The minimum Gasteiger partial charge on any atom is -0.478 e. The maximum absolute atomic E-state index is 12.3. The molecule has 0 radical (unpaired) electrons. The van der Waals surface area contributed by atoms with Crippen LogP contribution >= 0.6 is 0 Å². The number of hydrogen-bond donors (Lipinski definition) is 0. The highest BCUT2D eigenvalue weighted by atomic mass is 16.5. The smallest absolute Gasteiger partial charge is 0.314 e. The minimum absolute atomic E-state index is 0.0443. The highest BCUT2D eigenvalue weighted by molar-refractivity contribution is 5.75. The topological polar surface area (TPSA) is 48.4 Å². The summed E-state index contributed by atoms with van der Waals surface area (Å²) in [6, 6.07) is 3.54. The molecule has 0 bridgehead atoms. The summed E-state index contributed by atoms with van der Waals surface area (Å²) in [6.45, 7) is 5.08. The number of carbonyl (C=O) groups excluding carboxylic acids is 1. The fraction of sp³-hybridized carbons (Fsp3) is 0.714. The zero-order valence-corrected chi connectivity index (χ0v) is 15.8. The standard InChI is InChI=1S/C21H33NO3/c1-3-5-7-15-24-20-14-13-19(16-22-20)25-21(23)18-11-9-17(10-12-18)8-6-4-2/h13-14,16-18H,3-12,15H2,1-2H3. The van der Waals surface area contributed by atoms with E-state index in [2.05, 4.69) is 18.8 Å². The van der Waals surface area contributed by atoms with Crippen LogP contribution in [-0.2, 0) is 4.79 Å². The second-order valence-electron chi connectivity index (χ2n) is 7.17. The number of rotatable bonds is 10. The third kappa shape index (κ3) is 7.05. The van der Waals surface area contributed by atoms with E-state index in [1.165, 1.54) is 25.7 Å². The summed E-state index contributed by atoms with van der Waals surface area (Å²) in [5.74, 6) is 1.84. The molecule has 0 amide bonds. The van der Waals surface area contributed by atoms with Gasteiger partial charge < -0.3 is 9.47 Å². The molecule has 0 N–H and O–H groups in total. The molecule has 1 aromatic heterocycles. The number of aromatic nitrogens is 1. The zero-order chi connectivity index (χ0) is 17.9. The molecule has 1 aromatic rings. The Bertz CT molecular complexity index is 492. The van der Waals surface area contributed by atoms with E-state index in [0.717, 1.165) is 44.4 Å². The third-order valence-electron chi connectivity index (χ3n) is 5.07. The lowest BCUT2D eigenvalue weighted by Gasteiger charge is -2.27. The fourth-order valence-electron chi connectivity index (χ4n) is 3.42. The van der Waals surface area contributed by atoms with Crippen molar-refractivity contribution in [2.24, 2.45) is 11.8 Å². The first-order valence-electron chi connectivity index (χ1n) is 10.0. The average Bonchev–Trinajstić information content (AvgIpc) is 2.65. The van der Waals surface area contributed by atoms with Crippen LogP contribution in [0.1, 0.15) is 78.1 Å². The van der Waals surface area contributed by atoms with Gasteiger partial charge in [0.15, 0.2) is 0 Å². The molecule has 0 saturated heterocycles. The lowest BCUT2D eigenvalue weighted by atomic mass is 9.80. The highest BCUT2D eigenvalue weighted by Crippen LogP contribution is 2.32. The van der Waals surface area contributed by atoms with Crippen LogP contribution in [0.25, 0.3) is 0 Å². The van der Waals surface area contributed by atoms with E-state index in [1.54, 1.807) is 18.3 Å². The van der Waals surface area contributed by atoms with Gasteiger partial charge in [-0.1, -0.05) is 46.0 Å². The lowest BCUT2D eigenvalue weighted by Crippen LogP contribution is -2.25. The first-order chi connectivity index (χ1) is 12.2. The van der Waals surface area contributed by atoms with Crippen molar-refractivity contribution in [1.82, 2.24) is 4.98 Å². The molecule has 1 fully saturated rings. The van der Waals surface area contributed by atoms with Crippen molar-refractivity contribution in [2.75, 3.05) is 6.61 Å². The molecule has 1 heterocycles. The summed E-state index contributed by atoms with van der Waals surface area (Å²) in [6.07, 6.45) is 13.1. The Labute approximate surface area is 152 Å². The molecule has 140 valence electrons. The van der Waals surface area contributed by atoms with Crippen molar-refractivity contribution in [3.8, 4) is 11.6 Å². The van der Waals surface area contributed by atoms with Crippen molar-refractivity contribution in [1.29, 1.82) is 0 Å². The van der Waals surface area contributed by atoms with Crippen molar-refractivity contribution < 1.29 is 14.3 Å². The zero-order valence-electron chi connectivity index (χ0n) is 15.8. The van der Waals surface area contributed by atoms with E-state index in [9.17, 15) is 4.79 Å². The molecular formula is C21H33NO3. The normalized spacial score (nSPS) is 20.2. The molecule has 2 rings (SSSR count). The van der Waals surface area contributed by atoms with Gasteiger partial charge in [0.05, 0.1) is 18.7 Å². The second-order valence-corrected chi connectivity index (χ2v) is 7.17. The maximum Gasteiger partial charge on any atom is 0.314 e. The Morgan fingerprint density at radius 1 is 1.08 bits per heavy atom. The maximum atomic E-state index is 12.3. The predicted molar refractivity (Wildman–Crippen MR) is 99.9 cm³/mol.